The summed E-state index contributed by atoms with van der Waals surface area (Å²) in [6, 6.07) is 6.38. The van der Waals surface area contributed by atoms with Crippen LogP contribution in [0.4, 0.5) is 0 Å². The first-order valence-electron chi connectivity index (χ1n) is 8.91. The van der Waals surface area contributed by atoms with Crippen LogP contribution in [0.15, 0.2) is 18.2 Å². The topological polar surface area (TPSA) is 29.5 Å². The van der Waals surface area contributed by atoms with Crippen LogP contribution in [0.5, 0.6) is 0 Å². The van der Waals surface area contributed by atoms with Crippen LogP contribution in [0.1, 0.15) is 48.8 Å². The Hall–Kier alpha value is -1.35. The molecule has 3 nitrogen and oxygen atoms in total. The van der Waals surface area contributed by atoms with E-state index in [1.54, 1.807) is 0 Å². The fraction of sp³-hybridized carbons (Fsp3) is 0.650. The van der Waals surface area contributed by atoms with Crippen molar-refractivity contribution in [2.24, 2.45) is 5.41 Å². The van der Waals surface area contributed by atoms with Gasteiger partial charge in [-0.2, -0.15) is 0 Å². The summed E-state index contributed by atoms with van der Waals surface area (Å²) in [4.78, 5) is 15.0. The molecule has 0 N–H and O–H groups in total. The predicted molar refractivity (Wildman–Crippen MR) is 92.5 cm³/mol. The lowest BCUT2D eigenvalue weighted by Gasteiger charge is -2.43. The molecule has 1 saturated heterocycles. The molecule has 3 rings (SSSR count). The SMILES string of the molecule is CO[C@@H]1CCC[C@]12CCCN(C(=O)Cc1cc(C)ccc1C)C2. The van der Waals surface area contributed by atoms with E-state index in [1.165, 1.54) is 36.0 Å². The number of piperidine rings is 1. The number of carbonyl (C=O) groups is 1. The summed E-state index contributed by atoms with van der Waals surface area (Å²) >= 11 is 0. The van der Waals surface area contributed by atoms with Crippen LogP contribution in [-0.2, 0) is 16.0 Å². The van der Waals surface area contributed by atoms with Gasteiger partial charge in [-0.15, -0.1) is 0 Å². The van der Waals surface area contributed by atoms with Crippen molar-refractivity contribution in [3.05, 3.63) is 34.9 Å². The van der Waals surface area contributed by atoms with Gasteiger partial charge >= 0.3 is 0 Å². The van der Waals surface area contributed by atoms with Gasteiger partial charge in [-0.1, -0.05) is 30.2 Å². The number of carbonyl (C=O) groups excluding carboxylic acids is 1. The van der Waals surface area contributed by atoms with E-state index in [1.807, 2.05) is 7.11 Å². The molecule has 2 atom stereocenters. The Kier molecular flexibility index (Phi) is 4.77. The molecule has 1 heterocycles. The molecule has 1 aliphatic carbocycles. The number of nitrogens with zero attached hydrogens (tertiary/aromatic N) is 1. The maximum absolute atomic E-state index is 12.9. The minimum Gasteiger partial charge on any atom is -0.381 e. The highest BCUT2D eigenvalue weighted by Crippen LogP contribution is 2.46. The highest BCUT2D eigenvalue weighted by atomic mass is 16.5. The highest BCUT2D eigenvalue weighted by molar-refractivity contribution is 5.79. The maximum Gasteiger partial charge on any atom is 0.227 e. The van der Waals surface area contributed by atoms with Crippen molar-refractivity contribution in [1.29, 1.82) is 0 Å². The van der Waals surface area contributed by atoms with Crippen molar-refractivity contribution < 1.29 is 9.53 Å². The summed E-state index contributed by atoms with van der Waals surface area (Å²) in [7, 11) is 1.83. The Bertz CT molecular complexity index is 583. The molecule has 0 aromatic heterocycles. The smallest absolute Gasteiger partial charge is 0.227 e. The number of ether oxygens (including phenoxy) is 1. The van der Waals surface area contributed by atoms with E-state index in [0.717, 1.165) is 25.9 Å². The molecule has 2 aliphatic rings. The van der Waals surface area contributed by atoms with Crippen molar-refractivity contribution in [1.82, 2.24) is 4.90 Å². The predicted octanol–water partition coefficient (Wildman–Crippen LogP) is 3.65. The molecule has 0 unspecified atom stereocenters. The monoisotopic (exact) mass is 315 g/mol. The first-order chi connectivity index (χ1) is 11.0. The number of likely N-dealkylation sites (tertiary alicyclic amines) is 1. The van der Waals surface area contributed by atoms with Crippen molar-refractivity contribution in [3.8, 4) is 0 Å². The molecular weight excluding hydrogens is 286 g/mol. The number of benzene rings is 1. The van der Waals surface area contributed by atoms with Gasteiger partial charge in [-0.25, -0.2) is 0 Å². The normalized spacial score (nSPS) is 27.6. The van der Waals surface area contributed by atoms with Crippen LogP contribution in [0.2, 0.25) is 0 Å². The molecule has 1 saturated carbocycles. The third-order valence-corrected chi connectivity index (χ3v) is 5.92. The summed E-state index contributed by atoms with van der Waals surface area (Å²) in [5, 5.41) is 0. The Morgan fingerprint density at radius 3 is 2.87 bits per heavy atom. The highest BCUT2D eigenvalue weighted by Gasteiger charge is 2.46. The van der Waals surface area contributed by atoms with E-state index in [4.69, 9.17) is 4.74 Å². The van der Waals surface area contributed by atoms with Gasteiger partial charge in [0, 0.05) is 25.6 Å². The quantitative estimate of drug-likeness (QED) is 0.852. The third kappa shape index (κ3) is 3.30. The summed E-state index contributed by atoms with van der Waals surface area (Å²) in [6.45, 7) is 5.97. The minimum absolute atomic E-state index is 0.213. The van der Waals surface area contributed by atoms with Crippen molar-refractivity contribution >= 4 is 5.91 Å². The second-order valence-corrected chi connectivity index (χ2v) is 7.50. The fourth-order valence-electron chi connectivity index (χ4n) is 4.58. The van der Waals surface area contributed by atoms with Crippen LogP contribution in [0.3, 0.4) is 0 Å². The zero-order chi connectivity index (χ0) is 16.4. The molecule has 3 heteroatoms. The second kappa shape index (κ2) is 6.64. The van der Waals surface area contributed by atoms with Crippen LogP contribution < -0.4 is 0 Å². The summed E-state index contributed by atoms with van der Waals surface area (Å²) in [5.74, 6) is 0.277. The molecule has 1 aliphatic heterocycles. The fourth-order valence-corrected chi connectivity index (χ4v) is 4.58. The molecule has 2 fully saturated rings. The number of methoxy groups -OCH3 is 1. The number of hydrogen-bond donors (Lipinski definition) is 0. The van der Waals surface area contributed by atoms with E-state index in [-0.39, 0.29) is 11.3 Å². The molecule has 1 spiro atoms. The lowest BCUT2D eigenvalue weighted by atomic mass is 9.76. The third-order valence-electron chi connectivity index (χ3n) is 5.92. The largest absolute Gasteiger partial charge is 0.381 e. The Morgan fingerprint density at radius 1 is 1.30 bits per heavy atom. The maximum atomic E-state index is 12.9. The van der Waals surface area contributed by atoms with Gasteiger partial charge in [0.2, 0.25) is 5.91 Å². The Morgan fingerprint density at radius 2 is 2.09 bits per heavy atom. The lowest BCUT2D eigenvalue weighted by molar-refractivity contribution is -0.136. The molecule has 0 bridgehead atoms. The van der Waals surface area contributed by atoms with Gasteiger partial charge in [0.1, 0.15) is 0 Å². The van der Waals surface area contributed by atoms with E-state index in [9.17, 15) is 4.79 Å². The van der Waals surface area contributed by atoms with E-state index < -0.39 is 0 Å². The van der Waals surface area contributed by atoms with Gasteiger partial charge < -0.3 is 9.64 Å². The number of rotatable bonds is 3. The minimum atomic E-state index is 0.213. The number of hydrogen-bond acceptors (Lipinski definition) is 2. The first-order valence-corrected chi connectivity index (χ1v) is 8.91. The van der Waals surface area contributed by atoms with Gasteiger partial charge in [-0.3, -0.25) is 4.79 Å². The molecular formula is C20H29NO2. The standard InChI is InChI=1S/C20H29NO2/c1-15-7-8-16(2)17(12-15)13-19(22)21-11-5-10-20(14-21)9-4-6-18(20)23-3/h7-8,12,18H,4-6,9-11,13-14H2,1-3H3/t18-,20-/m1/s1. The van der Waals surface area contributed by atoms with Gasteiger partial charge in [-0.05, 0) is 50.7 Å². The molecule has 0 radical (unpaired) electrons. The van der Waals surface area contributed by atoms with Crippen LogP contribution >= 0.6 is 0 Å². The van der Waals surface area contributed by atoms with Crippen molar-refractivity contribution in [2.45, 2.75) is 58.5 Å². The number of amides is 1. The Labute approximate surface area is 140 Å². The van der Waals surface area contributed by atoms with Gasteiger partial charge in [0.15, 0.2) is 0 Å². The Balaban J connectivity index is 1.71. The molecule has 23 heavy (non-hydrogen) atoms. The lowest BCUT2D eigenvalue weighted by Crippen LogP contribution is -2.50. The van der Waals surface area contributed by atoms with E-state index in [2.05, 4.69) is 36.9 Å². The van der Waals surface area contributed by atoms with Crippen LogP contribution in [-0.4, -0.2) is 37.1 Å². The van der Waals surface area contributed by atoms with E-state index >= 15 is 0 Å². The van der Waals surface area contributed by atoms with Gasteiger partial charge in [0.25, 0.3) is 0 Å². The first kappa shape index (κ1) is 16.5. The number of aryl methyl sites for hydroxylation is 2. The van der Waals surface area contributed by atoms with Gasteiger partial charge in [0.05, 0.1) is 12.5 Å². The summed E-state index contributed by atoms with van der Waals surface area (Å²) in [5.41, 5.74) is 3.82. The van der Waals surface area contributed by atoms with Crippen LogP contribution in [0, 0.1) is 19.3 Å². The summed E-state index contributed by atoms with van der Waals surface area (Å²) < 4.78 is 5.75. The molecule has 1 aromatic rings. The molecule has 1 amide bonds. The second-order valence-electron chi connectivity index (χ2n) is 7.50. The average Bonchev–Trinajstić information content (AvgIpc) is 2.92. The summed E-state index contributed by atoms with van der Waals surface area (Å²) in [6.07, 6.45) is 6.77. The zero-order valence-corrected chi connectivity index (χ0v) is 14.7. The van der Waals surface area contributed by atoms with E-state index in [0.29, 0.717) is 12.5 Å². The zero-order valence-electron chi connectivity index (χ0n) is 14.7. The molecule has 1 aromatic carbocycles. The average molecular weight is 315 g/mol. The molecule has 126 valence electrons. The van der Waals surface area contributed by atoms with Crippen molar-refractivity contribution in [2.75, 3.05) is 20.2 Å². The van der Waals surface area contributed by atoms with Crippen LogP contribution in [0.25, 0.3) is 0 Å². The van der Waals surface area contributed by atoms with Crippen molar-refractivity contribution in [3.63, 3.8) is 0 Å².